The molecular weight excluding hydrogens is 701 g/mol. The molecule has 1 aromatic heterocycles. The van der Waals surface area contributed by atoms with Gasteiger partial charge in [-0.05, 0) is 85.7 Å². The molecule has 0 aliphatic carbocycles. The van der Waals surface area contributed by atoms with Crippen molar-refractivity contribution in [2.75, 3.05) is 16.8 Å². The normalized spacial score (nSPS) is 15.1. The number of benzene rings is 4. The Balaban J connectivity index is 1.27. The molecule has 0 spiro atoms. The Hall–Kier alpha value is -5.86. The number of hydrogen-bond donors (Lipinski definition) is 1. The molecule has 4 aromatic carbocycles. The summed E-state index contributed by atoms with van der Waals surface area (Å²) in [6, 6.07) is 29.3. The number of aryl methyl sites for hydroxylation is 2. The number of ether oxygens (including phenoxy) is 1. The third-order valence-electron chi connectivity index (χ3n) is 8.29. The van der Waals surface area contributed by atoms with Crippen molar-refractivity contribution in [1.29, 1.82) is 0 Å². The van der Waals surface area contributed by atoms with Crippen LogP contribution in [0.4, 0.5) is 11.4 Å². The van der Waals surface area contributed by atoms with Crippen LogP contribution in [0.25, 0.3) is 12.2 Å². The number of rotatable bonds is 12. The van der Waals surface area contributed by atoms with Gasteiger partial charge in [-0.2, -0.15) is 8.42 Å². The zero-order valence-electron chi connectivity index (χ0n) is 28.7. The predicted octanol–water partition coefficient (Wildman–Crippen LogP) is 4.76. The van der Waals surface area contributed by atoms with Gasteiger partial charge in [-0.3, -0.25) is 19.8 Å². The highest BCUT2D eigenvalue weighted by molar-refractivity contribution is 7.90. The van der Waals surface area contributed by atoms with E-state index in [2.05, 4.69) is 15.0 Å². The lowest BCUT2D eigenvalue weighted by Gasteiger charge is -2.22. The van der Waals surface area contributed by atoms with Crippen LogP contribution >= 0.6 is 12.2 Å². The number of hydrogen-bond acceptors (Lipinski definition) is 7. The molecule has 1 N–H and O–H groups in total. The lowest BCUT2D eigenvalue weighted by atomic mass is 10.1. The summed E-state index contributed by atoms with van der Waals surface area (Å²) in [5, 5.41) is 6.88. The van der Waals surface area contributed by atoms with Crippen molar-refractivity contribution in [3.05, 3.63) is 131 Å². The van der Waals surface area contributed by atoms with Gasteiger partial charge >= 0.3 is 0 Å². The average molecular weight is 737 g/mol. The molecule has 2 heterocycles. The topological polar surface area (TPSA) is 140 Å². The molecule has 6 rings (SSSR count). The molecule has 14 heteroatoms. The van der Waals surface area contributed by atoms with Gasteiger partial charge in [0.1, 0.15) is 25.4 Å². The van der Waals surface area contributed by atoms with Gasteiger partial charge < -0.3 is 19.5 Å². The van der Waals surface area contributed by atoms with Gasteiger partial charge in [0.15, 0.2) is 5.11 Å². The molecule has 2 amide bonds. The Morgan fingerprint density at radius 1 is 0.981 bits per heavy atom. The summed E-state index contributed by atoms with van der Waals surface area (Å²) in [6.45, 7) is 4.05. The van der Waals surface area contributed by atoms with Crippen LogP contribution in [0.1, 0.15) is 35.7 Å². The highest BCUT2D eigenvalue weighted by Gasteiger charge is 2.45. The molecule has 0 radical (unpaired) electrons. The van der Waals surface area contributed by atoms with Gasteiger partial charge in [-0.1, -0.05) is 72.3 Å². The summed E-state index contributed by atoms with van der Waals surface area (Å²) in [5.41, 5.74) is 3.88. The van der Waals surface area contributed by atoms with Crippen molar-refractivity contribution >= 4 is 62.7 Å². The van der Waals surface area contributed by atoms with Gasteiger partial charge in [0.25, 0.3) is 27.2 Å². The smallest absolute Gasteiger partial charge is 0.289 e. The van der Waals surface area contributed by atoms with Gasteiger partial charge in [0, 0.05) is 5.69 Å². The molecule has 1 aliphatic heterocycles. The van der Waals surface area contributed by atoms with E-state index >= 15 is 0 Å². The fourth-order valence-corrected chi connectivity index (χ4v) is 6.87. The maximum absolute atomic E-state index is 14.1. The summed E-state index contributed by atoms with van der Waals surface area (Å²) in [6.07, 6.45) is 3.72. The highest BCUT2D eigenvalue weighted by atomic mass is 32.2. The zero-order chi connectivity index (χ0) is 36.8. The fourth-order valence-electron chi connectivity index (χ4n) is 5.54. The van der Waals surface area contributed by atoms with E-state index in [1.54, 1.807) is 60.5 Å². The van der Waals surface area contributed by atoms with E-state index in [0.29, 0.717) is 23.7 Å². The van der Waals surface area contributed by atoms with Crippen LogP contribution in [0.15, 0.2) is 117 Å². The summed E-state index contributed by atoms with van der Waals surface area (Å²) >= 11 is 5.85. The van der Waals surface area contributed by atoms with Crippen molar-refractivity contribution in [2.45, 2.75) is 37.8 Å². The Kier molecular flexibility index (Phi) is 10.8. The van der Waals surface area contributed by atoms with Crippen LogP contribution in [-0.4, -0.2) is 42.9 Å². The number of nitrogens with one attached hydrogen (secondary N) is 1. The third kappa shape index (κ3) is 8.19. The van der Waals surface area contributed by atoms with Crippen LogP contribution in [-0.2, 0) is 33.2 Å². The molecule has 5 aromatic rings. The molecule has 1 aliphatic rings. The SMILES string of the molecule is CCOc1ccc(N2C(=O)C(CC(=O)Nc3ccc(/C=C/c4ccccc4)cc3)N(Cc3/c(=N/S(=O)(=O)c4ccc(C)cc4)o[n-][n+]3C)C2=S)cc1. The summed E-state index contributed by atoms with van der Waals surface area (Å²) < 4.78 is 42.6. The number of carbonyl (C=O) groups is 2. The first-order chi connectivity index (χ1) is 25.0. The third-order valence-corrected chi connectivity index (χ3v) is 9.99. The van der Waals surface area contributed by atoms with E-state index in [1.165, 1.54) is 21.7 Å². The van der Waals surface area contributed by atoms with Crippen molar-refractivity contribution in [3.8, 4) is 5.75 Å². The summed E-state index contributed by atoms with van der Waals surface area (Å²) in [4.78, 5) is 30.5. The Labute approximate surface area is 306 Å². The molecule has 52 heavy (non-hydrogen) atoms. The lowest BCUT2D eigenvalue weighted by Crippen LogP contribution is -2.45. The zero-order valence-corrected chi connectivity index (χ0v) is 30.3. The minimum Gasteiger partial charge on any atom is -0.494 e. The first-order valence-electron chi connectivity index (χ1n) is 16.4. The molecule has 0 bridgehead atoms. The minimum atomic E-state index is -4.18. The van der Waals surface area contributed by atoms with Crippen LogP contribution in [0.2, 0.25) is 0 Å². The van der Waals surface area contributed by atoms with E-state index in [4.69, 9.17) is 21.5 Å². The second-order valence-electron chi connectivity index (χ2n) is 12.0. The number of amides is 2. The minimum absolute atomic E-state index is 0.0218. The molecule has 1 fully saturated rings. The molecule has 1 atom stereocenters. The number of anilines is 2. The van der Waals surface area contributed by atoms with Crippen molar-refractivity contribution < 1.29 is 31.9 Å². The molecule has 1 unspecified atom stereocenters. The predicted molar refractivity (Wildman–Crippen MR) is 199 cm³/mol. The van der Waals surface area contributed by atoms with Crippen LogP contribution < -0.4 is 30.5 Å². The van der Waals surface area contributed by atoms with Crippen molar-refractivity contribution in [1.82, 2.24) is 10.2 Å². The van der Waals surface area contributed by atoms with E-state index in [9.17, 15) is 18.0 Å². The molecule has 266 valence electrons. The number of nitrogens with zero attached hydrogens (tertiary/aromatic N) is 5. The average Bonchev–Trinajstić information content (AvgIpc) is 3.58. The van der Waals surface area contributed by atoms with Gasteiger partial charge in [0.2, 0.25) is 5.91 Å². The molecule has 12 nitrogen and oxygen atoms in total. The van der Waals surface area contributed by atoms with E-state index < -0.39 is 27.9 Å². The van der Waals surface area contributed by atoms with Crippen LogP contribution in [0.5, 0.6) is 5.75 Å². The number of carbonyl (C=O) groups excluding carboxylic acids is 2. The monoisotopic (exact) mass is 736 g/mol. The Morgan fingerprint density at radius 3 is 2.29 bits per heavy atom. The molecule has 0 saturated carbocycles. The summed E-state index contributed by atoms with van der Waals surface area (Å²) in [5.74, 6) is -0.236. The number of aromatic nitrogens is 2. The van der Waals surface area contributed by atoms with Gasteiger partial charge in [-0.15, -0.1) is 4.40 Å². The fraction of sp³-hybridized carbons (Fsp3) is 0.184. The maximum atomic E-state index is 14.1. The largest absolute Gasteiger partial charge is 0.494 e. The molecular formula is C38H36N6O6S2. The Morgan fingerprint density at radius 2 is 1.63 bits per heavy atom. The molecule has 1 saturated heterocycles. The first kappa shape index (κ1) is 35.9. The standard InChI is InChI=1S/C38H36N6O6S2/c1-4-49-31-20-18-30(19-21-31)44-37(46)33(24-35(45)39-29-16-14-28(15-17-29)13-12-27-8-6-5-7-9-27)43(38(44)51)25-34-36(50-41-42(34)3)40-52(47,48)32-22-10-26(2)11-23-32/h5-23,33H,4,24-25H2,1-3H3,(H,39,45)/b13-12+,40-36-. The first-order valence-corrected chi connectivity index (χ1v) is 18.3. The van der Waals surface area contributed by atoms with Crippen LogP contribution in [0.3, 0.4) is 0 Å². The number of sulfonamides is 1. The Bertz CT molecular complexity index is 2280. The van der Waals surface area contributed by atoms with Crippen LogP contribution in [0, 0.1) is 6.92 Å². The van der Waals surface area contributed by atoms with Gasteiger partial charge in [-0.25, -0.2) is 4.68 Å². The second-order valence-corrected chi connectivity index (χ2v) is 13.9. The second kappa shape index (κ2) is 15.6. The van der Waals surface area contributed by atoms with Crippen molar-refractivity contribution in [3.63, 3.8) is 0 Å². The highest BCUT2D eigenvalue weighted by Crippen LogP contribution is 2.30. The quantitative estimate of drug-likeness (QED) is 0.109. The van der Waals surface area contributed by atoms with E-state index in [1.807, 2.05) is 68.5 Å². The van der Waals surface area contributed by atoms with Crippen molar-refractivity contribution in [2.24, 2.45) is 11.4 Å². The van der Waals surface area contributed by atoms with E-state index in [0.717, 1.165) is 16.7 Å². The lowest BCUT2D eigenvalue weighted by molar-refractivity contribution is -0.752. The maximum Gasteiger partial charge on any atom is 0.289 e. The van der Waals surface area contributed by atoms with E-state index in [-0.39, 0.29) is 34.2 Å². The summed E-state index contributed by atoms with van der Waals surface area (Å²) in [7, 11) is -2.62. The number of thiocarbonyl (C=S) groups is 1. The van der Waals surface area contributed by atoms with Gasteiger partial charge in [0.05, 0.1) is 23.6 Å².